The van der Waals surface area contributed by atoms with Gasteiger partial charge in [-0.3, -0.25) is 9.59 Å². The first-order valence-electron chi connectivity index (χ1n) is 13.7. The fourth-order valence-electron chi connectivity index (χ4n) is 6.35. The molecule has 3 aliphatic carbocycles. The average Bonchev–Trinajstić information content (AvgIpc) is 3.34. The van der Waals surface area contributed by atoms with Crippen molar-refractivity contribution in [2.75, 3.05) is 0 Å². The lowest BCUT2D eigenvalue weighted by atomic mass is 9.44. The quantitative estimate of drug-likeness (QED) is 0.149. The number of carboxylic acids is 1. The molecule has 2 bridgehead atoms. The van der Waals surface area contributed by atoms with Gasteiger partial charge in [-0.1, -0.05) is 44.2 Å². The summed E-state index contributed by atoms with van der Waals surface area (Å²) in [5.74, 6) is 0.579. The number of hydrogen-bond donors (Lipinski definition) is 2. The smallest absolute Gasteiger partial charge is 0.339 e. The zero-order valence-corrected chi connectivity index (χ0v) is 24.3. The summed E-state index contributed by atoms with van der Waals surface area (Å²) in [5.41, 5.74) is 0.688. The maximum absolute atomic E-state index is 13.7. The predicted molar refractivity (Wildman–Crippen MR) is 156 cm³/mol. The molecule has 3 fully saturated rings. The van der Waals surface area contributed by atoms with E-state index in [0.29, 0.717) is 35.1 Å². The predicted octanol–water partition coefficient (Wildman–Crippen LogP) is 6.65. The first-order chi connectivity index (χ1) is 19.1. The largest absolute Gasteiger partial charge is 0.481 e. The van der Waals surface area contributed by atoms with Crippen molar-refractivity contribution in [3.05, 3.63) is 71.6 Å². The standard InChI is InChI=1S/C31H35NO6S2/c1-31(2)21-16-20(10-6-3-4-9-13-28(33)34)29(26(31)17-21)32-30(35)25-19-39-27-15-14-22(18-24(25)27)38-40(36,37)23-11-7-5-8-12-23/h3,5-8,11-12,14-15,18-21,26,29H,4,9-10,13,16-17H2,1-2H3,(H,32,35)(H,33,34)/t20-,21-,26-,29?/m0/s1. The number of benzene rings is 2. The molecule has 7 nitrogen and oxygen atoms in total. The molecule has 212 valence electrons. The summed E-state index contributed by atoms with van der Waals surface area (Å²) < 4.78 is 31.8. The number of carboxylic acid groups (broad SMARTS) is 1. The summed E-state index contributed by atoms with van der Waals surface area (Å²) >= 11 is 1.44. The Morgan fingerprint density at radius 3 is 2.62 bits per heavy atom. The van der Waals surface area contributed by atoms with E-state index in [1.807, 2.05) is 5.38 Å². The van der Waals surface area contributed by atoms with E-state index >= 15 is 0 Å². The van der Waals surface area contributed by atoms with Crippen LogP contribution in [0.3, 0.4) is 0 Å². The summed E-state index contributed by atoms with van der Waals surface area (Å²) in [6.45, 7) is 4.58. The second-order valence-electron chi connectivity index (χ2n) is 11.5. The Morgan fingerprint density at radius 2 is 1.90 bits per heavy atom. The van der Waals surface area contributed by atoms with Crippen LogP contribution in [0, 0.1) is 23.2 Å². The Kier molecular flexibility index (Phi) is 8.06. The van der Waals surface area contributed by atoms with Crippen LogP contribution in [0.25, 0.3) is 10.1 Å². The van der Waals surface area contributed by atoms with E-state index in [1.165, 1.54) is 23.5 Å². The van der Waals surface area contributed by atoms with Crippen molar-refractivity contribution in [2.45, 2.75) is 63.3 Å². The van der Waals surface area contributed by atoms with E-state index in [0.717, 1.165) is 30.4 Å². The minimum absolute atomic E-state index is 0.0315. The molecule has 1 amide bonds. The van der Waals surface area contributed by atoms with Crippen molar-refractivity contribution in [1.82, 2.24) is 5.32 Å². The fraction of sp³-hybridized carbons (Fsp3) is 0.419. The average molecular weight is 582 g/mol. The second-order valence-corrected chi connectivity index (χ2v) is 14.0. The van der Waals surface area contributed by atoms with Crippen LogP contribution in [0.5, 0.6) is 5.75 Å². The minimum Gasteiger partial charge on any atom is -0.481 e. The number of nitrogens with one attached hydrogen (secondary N) is 1. The van der Waals surface area contributed by atoms with Crippen molar-refractivity contribution in [3.63, 3.8) is 0 Å². The van der Waals surface area contributed by atoms with Crippen molar-refractivity contribution in [2.24, 2.45) is 23.2 Å². The van der Waals surface area contributed by atoms with Crippen molar-refractivity contribution >= 4 is 43.4 Å². The lowest BCUT2D eigenvalue weighted by Gasteiger charge is -2.62. The molecule has 0 spiro atoms. The molecule has 3 saturated carbocycles. The number of hydrogen-bond acceptors (Lipinski definition) is 6. The van der Waals surface area contributed by atoms with Gasteiger partial charge in [0.25, 0.3) is 5.91 Å². The number of carbonyl (C=O) groups excluding carboxylic acids is 1. The van der Waals surface area contributed by atoms with E-state index in [9.17, 15) is 18.0 Å². The molecule has 0 radical (unpaired) electrons. The molecule has 40 heavy (non-hydrogen) atoms. The summed E-state index contributed by atoms with van der Waals surface area (Å²) in [6, 6.07) is 13.0. The Labute approximate surface area is 239 Å². The highest BCUT2D eigenvalue weighted by molar-refractivity contribution is 7.87. The highest BCUT2D eigenvalue weighted by Crippen LogP contribution is 2.61. The van der Waals surface area contributed by atoms with Gasteiger partial charge in [-0.2, -0.15) is 8.42 Å². The molecule has 0 saturated heterocycles. The van der Waals surface area contributed by atoms with Crippen LogP contribution in [0.1, 0.15) is 62.7 Å². The summed E-state index contributed by atoms with van der Waals surface area (Å²) in [7, 11) is -3.99. The van der Waals surface area contributed by atoms with E-state index < -0.39 is 16.1 Å². The summed E-state index contributed by atoms with van der Waals surface area (Å²) in [5, 5.41) is 14.7. The van der Waals surface area contributed by atoms with Crippen LogP contribution < -0.4 is 9.50 Å². The molecule has 2 aromatic carbocycles. The number of aliphatic carboxylic acids is 1. The molecule has 1 unspecified atom stereocenters. The second kappa shape index (κ2) is 11.4. The summed E-state index contributed by atoms with van der Waals surface area (Å²) in [4.78, 5) is 24.5. The molecule has 9 heteroatoms. The Morgan fingerprint density at radius 1 is 1.12 bits per heavy atom. The van der Waals surface area contributed by atoms with Crippen molar-refractivity contribution in [1.29, 1.82) is 0 Å². The van der Waals surface area contributed by atoms with Crippen LogP contribution in [-0.2, 0) is 14.9 Å². The molecule has 1 aromatic heterocycles. The molecule has 3 aromatic rings. The van der Waals surface area contributed by atoms with Crippen LogP contribution in [0.2, 0.25) is 0 Å². The molecule has 6 rings (SSSR count). The van der Waals surface area contributed by atoms with Gasteiger partial charge in [0.15, 0.2) is 0 Å². The van der Waals surface area contributed by atoms with Gasteiger partial charge >= 0.3 is 16.1 Å². The number of rotatable bonds is 11. The fourth-order valence-corrected chi connectivity index (χ4v) is 8.22. The van der Waals surface area contributed by atoms with Gasteiger partial charge in [-0.05, 0) is 85.6 Å². The van der Waals surface area contributed by atoms with Crippen LogP contribution in [0.15, 0.2) is 71.0 Å². The lowest BCUT2D eigenvalue weighted by molar-refractivity contribution is -0.137. The van der Waals surface area contributed by atoms with Gasteiger partial charge in [0.1, 0.15) is 10.6 Å². The van der Waals surface area contributed by atoms with Gasteiger partial charge in [0.05, 0.1) is 5.56 Å². The third-order valence-electron chi connectivity index (χ3n) is 8.77. The Hall–Kier alpha value is -3.17. The van der Waals surface area contributed by atoms with E-state index in [1.54, 1.807) is 36.4 Å². The van der Waals surface area contributed by atoms with E-state index in [2.05, 4.69) is 31.3 Å². The molecule has 0 aliphatic heterocycles. The zero-order chi connectivity index (χ0) is 28.5. The number of fused-ring (bicyclic) bond motifs is 3. The van der Waals surface area contributed by atoms with Gasteiger partial charge < -0.3 is 14.6 Å². The highest BCUT2D eigenvalue weighted by atomic mass is 32.2. The minimum atomic E-state index is -3.99. The topological polar surface area (TPSA) is 110 Å². The first-order valence-corrected chi connectivity index (χ1v) is 16.0. The highest BCUT2D eigenvalue weighted by Gasteiger charge is 2.57. The Balaban J connectivity index is 1.32. The molecular weight excluding hydrogens is 546 g/mol. The Bertz CT molecular complexity index is 1530. The zero-order valence-electron chi connectivity index (χ0n) is 22.7. The monoisotopic (exact) mass is 581 g/mol. The molecular formula is C31H35NO6S2. The number of allylic oxidation sites excluding steroid dienone is 2. The van der Waals surface area contributed by atoms with Gasteiger partial charge in [-0.25, -0.2) is 0 Å². The van der Waals surface area contributed by atoms with Gasteiger partial charge in [0.2, 0.25) is 0 Å². The lowest BCUT2D eigenvalue weighted by Crippen LogP contribution is -2.63. The van der Waals surface area contributed by atoms with Crippen LogP contribution in [-0.4, -0.2) is 31.4 Å². The van der Waals surface area contributed by atoms with Gasteiger partial charge in [0, 0.05) is 27.9 Å². The number of thiophene rings is 1. The third-order valence-corrected chi connectivity index (χ3v) is 11.0. The number of amides is 1. The van der Waals surface area contributed by atoms with E-state index in [-0.39, 0.29) is 34.4 Å². The van der Waals surface area contributed by atoms with Crippen molar-refractivity contribution < 1.29 is 27.3 Å². The van der Waals surface area contributed by atoms with E-state index in [4.69, 9.17) is 9.29 Å². The number of unbranched alkanes of at least 4 members (excludes halogenated alkanes) is 1. The number of carbonyl (C=O) groups is 2. The SMILES string of the molecule is CC1(C)[C@H]2C[C@H](CC=CCCCC(=O)O)C(NC(=O)c3csc4ccc(OS(=O)(=O)c5ccccc5)cc34)[C@@H]1C2. The van der Waals surface area contributed by atoms with Crippen molar-refractivity contribution in [3.8, 4) is 5.75 Å². The maximum atomic E-state index is 13.7. The van der Waals surface area contributed by atoms with Crippen LogP contribution >= 0.6 is 11.3 Å². The third kappa shape index (κ3) is 5.81. The molecule has 4 atom stereocenters. The molecule has 1 heterocycles. The maximum Gasteiger partial charge on any atom is 0.339 e. The van der Waals surface area contributed by atoms with Gasteiger partial charge in [-0.15, -0.1) is 11.3 Å². The first kappa shape index (κ1) is 28.4. The molecule has 3 aliphatic rings. The normalized spacial score (nSPS) is 23.6. The molecule has 2 N–H and O–H groups in total. The van der Waals surface area contributed by atoms with Crippen LogP contribution in [0.4, 0.5) is 0 Å². The summed E-state index contributed by atoms with van der Waals surface area (Å²) in [6.07, 6.45) is 8.73.